The van der Waals surface area contributed by atoms with E-state index >= 15 is 0 Å². The number of nitrogen functional groups attached to an aromatic ring is 1. The summed E-state index contributed by atoms with van der Waals surface area (Å²) in [6.07, 6.45) is 0. The minimum atomic E-state index is -0.531. The van der Waals surface area contributed by atoms with Crippen molar-refractivity contribution in [2.24, 2.45) is 5.73 Å². The van der Waals surface area contributed by atoms with Crippen LogP contribution in [-0.4, -0.2) is 50.2 Å². The molecule has 20 heavy (non-hydrogen) atoms. The van der Waals surface area contributed by atoms with Crippen LogP contribution in [0.5, 0.6) is 5.75 Å². The molecule has 0 spiro atoms. The van der Waals surface area contributed by atoms with Crippen molar-refractivity contribution in [2.75, 3.05) is 39.5 Å². The van der Waals surface area contributed by atoms with Gasteiger partial charge in [-0.1, -0.05) is 6.07 Å². The Morgan fingerprint density at radius 1 is 1.40 bits per heavy atom. The van der Waals surface area contributed by atoms with Crippen LogP contribution in [0.1, 0.15) is 5.56 Å². The zero-order valence-corrected chi connectivity index (χ0v) is 11.9. The largest absolute Gasteiger partial charge is 0.491 e. The average Bonchev–Trinajstić information content (AvgIpc) is 2.39. The number of amidine groups is 1. The van der Waals surface area contributed by atoms with E-state index in [1.165, 1.54) is 6.07 Å². The molecule has 1 fully saturated rings. The summed E-state index contributed by atoms with van der Waals surface area (Å²) in [5.41, 5.74) is 5.40. The Kier molecular flexibility index (Phi) is 6.70. The second-order valence-electron chi connectivity index (χ2n) is 4.33. The first-order valence-corrected chi connectivity index (χ1v) is 6.24. The van der Waals surface area contributed by atoms with Crippen molar-refractivity contribution in [3.63, 3.8) is 0 Å². The number of rotatable bonds is 5. The van der Waals surface area contributed by atoms with Gasteiger partial charge in [0.2, 0.25) is 0 Å². The minimum absolute atomic E-state index is 0. The van der Waals surface area contributed by atoms with Gasteiger partial charge in [0.05, 0.1) is 18.8 Å². The van der Waals surface area contributed by atoms with E-state index in [4.69, 9.17) is 20.6 Å². The summed E-state index contributed by atoms with van der Waals surface area (Å²) in [6.45, 7) is 4.41. The van der Waals surface area contributed by atoms with Crippen molar-refractivity contribution in [1.82, 2.24) is 4.90 Å². The Hall–Kier alpha value is -1.37. The van der Waals surface area contributed by atoms with Crippen molar-refractivity contribution >= 4 is 18.2 Å². The third kappa shape index (κ3) is 4.33. The molecule has 0 aromatic heterocycles. The number of hydrogen-bond donors (Lipinski definition) is 2. The van der Waals surface area contributed by atoms with E-state index in [1.807, 2.05) is 0 Å². The lowest BCUT2D eigenvalue weighted by atomic mass is 10.1. The monoisotopic (exact) mass is 303 g/mol. The van der Waals surface area contributed by atoms with Gasteiger partial charge >= 0.3 is 0 Å². The zero-order valence-electron chi connectivity index (χ0n) is 11.1. The molecule has 0 amide bonds. The van der Waals surface area contributed by atoms with Crippen LogP contribution in [0.15, 0.2) is 18.2 Å². The fourth-order valence-electron chi connectivity index (χ4n) is 2.00. The van der Waals surface area contributed by atoms with Crippen LogP contribution in [0.25, 0.3) is 0 Å². The molecule has 2 rings (SSSR count). The van der Waals surface area contributed by atoms with Crippen LogP contribution >= 0.6 is 12.4 Å². The number of nitrogens with one attached hydrogen (secondary N) is 1. The molecule has 112 valence electrons. The van der Waals surface area contributed by atoms with Gasteiger partial charge in [0.15, 0.2) is 0 Å². The van der Waals surface area contributed by atoms with Gasteiger partial charge in [0.25, 0.3) is 0 Å². The third-order valence-electron chi connectivity index (χ3n) is 3.01. The maximum Gasteiger partial charge on any atom is 0.137 e. The van der Waals surface area contributed by atoms with Crippen molar-refractivity contribution < 1.29 is 13.9 Å². The van der Waals surface area contributed by atoms with Crippen molar-refractivity contribution in [1.29, 1.82) is 5.41 Å². The maximum atomic E-state index is 13.6. The summed E-state index contributed by atoms with van der Waals surface area (Å²) in [4.78, 5) is 2.22. The average molecular weight is 304 g/mol. The highest BCUT2D eigenvalue weighted by Crippen LogP contribution is 2.20. The molecule has 5 nitrogen and oxygen atoms in total. The molecule has 0 saturated carbocycles. The lowest BCUT2D eigenvalue weighted by molar-refractivity contribution is 0.0322. The quantitative estimate of drug-likeness (QED) is 0.634. The van der Waals surface area contributed by atoms with Crippen LogP contribution in [0.3, 0.4) is 0 Å². The Bertz CT molecular complexity index is 453. The van der Waals surface area contributed by atoms with Crippen LogP contribution in [0, 0.1) is 11.2 Å². The van der Waals surface area contributed by atoms with E-state index in [-0.39, 0.29) is 23.8 Å². The molecule has 0 bridgehead atoms. The molecule has 0 atom stereocenters. The van der Waals surface area contributed by atoms with E-state index in [1.54, 1.807) is 12.1 Å². The molecule has 1 aromatic carbocycles. The van der Waals surface area contributed by atoms with Crippen molar-refractivity contribution in [2.45, 2.75) is 0 Å². The second kappa shape index (κ2) is 8.04. The summed E-state index contributed by atoms with van der Waals surface area (Å²) in [5, 5.41) is 7.38. The van der Waals surface area contributed by atoms with Crippen LogP contribution in [0.4, 0.5) is 4.39 Å². The Morgan fingerprint density at radius 2 is 2.10 bits per heavy atom. The standard InChI is InChI=1S/C13H18FN3O2.ClH/c14-10-2-1-3-11(12(10)13(15)16)19-9-6-17-4-7-18-8-5-17;/h1-3H,4-9H2,(H3,15,16);1H. The van der Waals surface area contributed by atoms with Crippen molar-refractivity contribution in [3.8, 4) is 5.75 Å². The van der Waals surface area contributed by atoms with E-state index in [0.717, 1.165) is 32.8 Å². The minimum Gasteiger partial charge on any atom is -0.491 e. The van der Waals surface area contributed by atoms with E-state index in [9.17, 15) is 4.39 Å². The fourth-order valence-corrected chi connectivity index (χ4v) is 2.00. The number of benzene rings is 1. The molecule has 1 aliphatic heterocycles. The molecule has 0 radical (unpaired) electrons. The Balaban J connectivity index is 0.00000200. The number of nitrogens with zero attached hydrogens (tertiary/aromatic N) is 1. The molecule has 1 aromatic rings. The molecular formula is C13H19ClFN3O2. The highest BCUT2D eigenvalue weighted by atomic mass is 35.5. The highest BCUT2D eigenvalue weighted by Gasteiger charge is 2.14. The normalized spacial score (nSPS) is 15.4. The zero-order chi connectivity index (χ0) is 13.7. The lowest BCUT2D eigenvalue weighted by Crippen LogP contribution is -2.38. The molecule has 1 heterocycles. The first kappa shape index (κ1) is 16.7. The summed E-state index contributed by atoms with van der Waals surface area (Å²) in [5.74, 6) is -0.531. The molecule has 0 aliphatic carbocycles. The van der Waals surface area contributed by atoms with E-state index in [0.29, 0.717) is 12.4 Å². The fraction of sp³-hybridized carbons (Fsp3) is 0.462. The number of nitrogens with two attached hydrogens (primary N) is 1. The predicted molar refractivity (Wildman–Crippen MR) is 77.4 cm³/mol. The van der Waals surface area contributed by atoms with Gasteiger partial charge in [0.1, 0.15) is 24.0 Å². The van der Waals surface area contributed by atoms with Crippen LogP contribution in [-0.2, 0) is 4.74 Å². The topological polar surface area (TPSA) is 71.6 Å². The SMILES string of the molecule is Cl.N=C(N)c1c(F)cccc1OCCN1CCOCC1. The molecule has 1 aliphatic rings. The smallest absolute Gasteiger partial charge is 0.137 e. The van der Waals surface area contributed by atoms with Crippen LogP contribution in [0.2, 0.25) is 0 Å². The van der Waals surface area contributed by atoms with Crippen molar-refractivity contribution in [3.05, 3.63) is 29.6 Å². The highest BCUT2D eigenvalue weighted by molar-refractivity contribution is 5.97. The predicted octanol–water partition coefficient (Wildman–Crippen LogP) is 1.24. The summed E-state index contributed by atoms with van der Waals surface area (Å²) < 4.78 is 24.3. The maximum absolute atomic E-state index is 13.6. The van der Waals surface area contributed by atoms with Gasteiger partial charge in [-0.2, -0.15) is 0 Å². The Labute approximate surface area is 123 Å². The first-order valence-electron chi connectivity index (χ1n) is 6.24. The van der Waals surface area contributed by atoms with E-state index in [2.05, 4.69) is 4.90 Å². The summed E-state index contributed by atoms with van der Waals surface area (Å²) >= 11 is 0. The summed E-state index contributed by atoms with van der Waals surface area (Å²) in [6, 6.07) is 4.44. The van der Waals surface area contributed by atoms with Gasteiger partial charge in [0, 0.05) is 19.6 Å². The van der Waals surface area contributed by atoms with E-state index < -0.39 is 5.82 Å². The molecule has 7 heteroatoms. The van der Waals surface area contributed by atoms with Crippen LogP contribution < -0.4 is 10.5 Å². The van der Waals surface area contributed by atoms with Gasteiger partial charge in [-0.25, -0.2) is 4.39 Å². The van der Waals surface area contributed by atoms with Gasteiger partial charge in [-0.05, 0) is 12.1 Å². The van der Waals surface area contributed by atoms with Gasteiger partial charge < -0.3 is 15.2 Å². The van der Waals surface area contributed by atoms with Gasteiger partial charge in [-0.15, -0.1) is 12.4 Å². The lowest BCUT2D eigenvalue weighted by Gasteiger charge is -2.26. The molecule has 3 N–H and O–H groups in total. The molecule has 1 saturated heterocycles. The third-order valence-corrected chi connectivity index (χ3v) is 3.01. The number of halogens is 2. The number of hydrogen-bond acceptors (Lipinski definition) is 4. The Morgan fingerprint density at radius 3 is 2.75 bits per heavy atom. The number of morpholine rings is 1. The first-order chi connectivity index (χ1) is 9.18. The second-order valence-corrected chi connectivity index (χ2v) is 4.33. The number of ether oxygens (including phenoxy) is 2. The molecular weight excluding hydrogens is 285 g/mol. The summed E-state index contributed by atoms with van der Waals surface area (Å²) in [7, 11) is 0. The van der Waals surface area contributed by atoms with Gasteiger partial charge in [-0.3, -0.25) is 10.3 Å². The molecule has 0 unspecified atom stereocenters.